The van der Waals surface area contributed by atoms with Gasteiger partial charge in [-0.25, -0.2) is 0 Å². The molecular weight excluding hydrogens is 435 g/mol. The number of nitrogens with one attached hydrogen (secondary N) is 2. The topological polar surface area (TPSA) is 156 Å². The SMILES string of the molecule is Cc1cn([C@H]2O[C@@H](CO[P+](=O)N[C@@H](C)C(=O)OC(C)C)C(O)[C@H]2C#N)c(=S)[nH]c1=O. The molecule has 2 heterocycles. The molecule has 6 atom stereocenters. The quantitative estimate of drug-likeness (QED) is 0.293. The smallest absolute Gasteiger partial charge is 0.462 e. The van der Waals surface area contributed by atoms with Crippen molar-refractivity contribution < 1.29 is 28.5 Å². The monoisotopic (exact) mass is 459 g/mol. The van der Waals surface area contributed by atoms with Gasteiger partial charge in [0.05, 0.1) is 12.2 Å². The van der Waals surface area contributed by atoms with Crippen LogP contribution in [0.5, 0.6) is 0 Å². The minimum Gasteiger partial charge on any atom is -0.462 e. The summed E-state index contributed by atoms with van der Waals surface area (Å²) in [5.41, 5.74) is -0.0102. The Morgan fingerprint density at radius 1 is 1.53 bits per heavy atom. The van der Waals surface area contributed by atoms with Gasteiger partial charge in [0.15, 0.2) is 11.0 Å². The Hall–Kier alpha value is -2.00. The number of hydrogen-bond donors (Lipinski definition) is 3. The zero-order valence-electron chi connectivity index (χ0n) is 16.9. The van der Waals surface area contributed by atoms with Crippen molar-refractivity contribution >= 4 is 26.4 Å². The number of aromatic nitrogens is 2. The third-order valence-electron chi connectivity index (χ3n) is 4.30. The summed E-state index contributed by atoms with van der Waals surface area (Å²) in [6.45, 7) is 6.12. The van der Waals surface area contributed by atoms with Crippen molar-refractivity contribution in [2.45, 2.75) is 58.3 Å². The number of nitrogens with zero attached hydrogens (tertiary/aromatic N) is 2. The highest BCUT2D eigenvalue weighted by Crippen LogP contribution is 2.35. The Balaban J connectivity index is 2.03. The van der Waals surface area contributed by atoms with Crippen LogP contribution in [0.15, 0.2) is 11.0 Å². The van der Waals surface area contributed by atoms with E-state index in [1.165, 1.54) is 17.7 Å². The van der Waals surface area contributed by atoms with E-state index < -0.39 is 44.5 Å². The lowest BCUT2D eigenvalue weighted by molar-refractivity contribution is -0.149. The third kappa shape index (κ3) is 5.78. The lowest BCUT2D eigenvalue weighted by Crippen LogP contribution is -2.34. The van der Waals surface area contributed by atoms with Crippen molar-refractivity contribution in [3.05, 3.63) is 26.9 Å². The van der Waals surface area contributed by atoms with Crippen LogP contribution in [0.3, 0.4) is 0 Å². The van der Waals surface area contributed by atoms with Crippen molar-refractivity contribution in [1.82, 2.24) is 14.6 Å². The summed E-state index contributed by atoms with van der Waals surface area (Å²) in [6, 6.07) is 1.10. The fraction of sp³-hybridized carbons (Fsp3) is 0.647. The summed E-state index contributed by atoms with van der Waals surface area (Å²) in [7, 11) is -2.47. The summed E-state index contributed by atoms with van der Waals surface area (Å²) < 4.78 is 29.4. The second-order valence-electron chi connectivity index (χ2n) is 7.08. The fourth-order valence-corrected chi connectivity index (χ4v) is 3.79. The van der Waals surface area contributed by atoms with E-state index in [-0.39, 0.29) is 23.0 Å². The lowest BCUT2D eigenvalue weighted by Gasteiger charge is -2.18. The number of carbonyl (C=O) groups excluding carboxylic acids is 1. The van der Waals surface area contributed by atoms with Gasteiger partial charge in [0.1, 0.15) is 30.8 Å². The lowest BCUT2D eigenvalue weighted by atomic mass is 10.0. The van der Waals surface area contributed by atoms with E-state index >= 15 is 0 Å². The highest BCUT2D eigenvalue weighted by atomic mass is 32.1. The Labute approximate surface area is 178 Å². The fourth-order valence-electron chi connectivity index (χ4n) is 2.76. The van der Waals surface area contributed by atoms with Crippen LogP contribution in [-0.2, 0) is 23.4 Å². The zero-order valence-corrected chi connectivity index (χ0v) is 18.6. The molecule has 0 spiro atoms. The number of aromatic amines is 1. The van der Waals surface area contributed by atoms with Gasteiger partial charge in [0.25, 0.3) is 5.56 Å². The number of H-pyrrole nitrogens is 1. The first kappa shape index (κ1) is 24.3. The number of hydrogen-bond acceptors (Lipinski definition) is 9. The average Bonchev–Trinajstić information content (AvgIpc) is 2.97. The first-order valence-corrected chi connectivity index (χ1v) is 10.8. The maximum absolute atomic E-state index is 12.1. The standard InChI is InChI=1S/C17H23N4O7PS/c1-8(2)27-16(24)10(4)20-29(25)26-7-12-13(22)11(5-18)15(28-12)21-6-9(3)14(23)19-17(21)30/h6,8,10-13,15,22H,7H2,1-4H3,(H-,19,20,23,25,30)/p+1/t10-,11+,12-,13?,15-/m0/s1. The van der Waals surface area contributed by atoms with E-state index in [9.17, 15) is 24.5 Å². The molecule has 13 heteroatoms. The number of aliphatic hydroxyl groups excluding tert-OH is 1. The molecular formula is C17H24N4O7PS+. The largest absolute Gasteiger partial charge is 0.613 e. The van der Waals surface area contributed by atoms with Gasteiger partial charge in [0, 0.05) is 11.8 Å². The van der Waals surface area contributed by atoms with Crippen molar-refractivity contribution in [3.8, 4) is 6.07 Å². The molecule has 0 radical (unpaired) electrons. The summed E-state index contributed by atoms with van der Waals surface area (Å²) in [6.07, 6.45) is -2.07. The van der Waals surface area contributed by atoms with E-state index in [1.54, 1.807) is 20.8 Å². The van der Waals surface area contributed by atoms with Gasteiger partial charge in [-0.05, 0) is 44.5 Å². The Kier molecular flexibility index (Phi) is 8.37. The van der Waals surface area contributed by atoms with Gasteiger partial charge in [0.2, 0.25) is 0 Å². The highest BCUT2D eigenvalue weighted by Gasteiger charge is 2.46. The number of aliphatic hydroxyl groups is 1. The second kappa shape index (κ2) is 10.3. The van der Waals surface area contributed by atoms with Crippen molar-refractivity contribution in [1.29, 1.82) is 5.26 Å². The molecule has 0 aromatic carbocycles. The molecule has 1 aromatic rings. The number of carbonyl (C=O) groups is 1. The molecule has 0 aliphatic carbocycles. The van der Waals surface area contributed by atoms with Gasteiger partial charge in [-0.1, -0.05) is 5.09 Å². The van der Waals surface area contributed by atoms with Gasteiger partial charge >= 0.3 is 14.1 Å². The first-order chi connectivity index (χ1) is 14.0. The van der Waals surface area contributed by atoms with Gasteiger partial charge in [-0.2, -0.15) is 5.26 Å². The number of esters is 1. The summed E-state index contributed by atoms with van der Waals surface area (Å²) in [5, 5.41) is 22.4. The van der Waals surface area contributed by atoms with Crippen LogP contribution in [0.2, 0.25) is 0 Å². The predicted molar refractivity (Wildman–Crippen MR) is 107 cm³/mol. The number of ether oxygens (including phenoxy) is 2. The molecule has 1 aliphatic rings. The van der Waals surface area contributed by atoms with Crippen molar-refractivity contribution in [2.24, 2.45) is 5.92 Å². The molecule has 2 unspecified atom stereocenters. The molecule has 164 valence electrons. The van der Waals surface area contributed by atoms with Gasteiger partial charge in [-0.3, -0.25) is 19.1 Å². The van der Waals surface area contributed by atoms with Crippen LogP contribution >= 0.6 is 20.4 Å². The van der Waals surface area contributed by atoms with Crippen molar-refractivity contribution in [3.63, 3.8) is 0 Å². The molecule has 1 aliphatic heterocycles. The number of aryl methyl sites for hydroxylation is 1. The minimum atomic E-state index is -2.47. The highest BCUT2D eigenvalue weighted by molar-refractivity contribution is 7.71. The summed E-state index contributed by atoms with van der Waals surface area (Å²) in [5.74, 6) is -1.58. The van der Waals surface area contributed by atoms with Crippen LogP contribution in [0.4, 0.5) is 0 Å². The Morgan fingerprint density at radius 2 is 2.20 bits per heavy atom. The van der Waals surface area contributed by atoms with Crippen LogP contribution in [-0.4, -0.2) is 51.6 Å². The molecule has 30 heavy (non-hydrogen) atoms. The Morgan fingerprint density at radius 3 is 2.80 bits per heavy atom. The third-order valence-corrected chi connectivity index (χ3v) is 5.59. The molecule has 11 nitrogen and oxygen atoms in total. The zero-order chi connectivity index (χ0) is 22.6. The molecule has 2 rings (SSSR count). The summed E-state index contributed by atoms with van der Waals surface area (Å²) >= 11 is 5.13. The predicted octanol–water partition coefficient (Wildman–Crippen LogP) is 1.22. The van der Waals surface area contributed by atoms with Crippen molar-refractivity contribution in [2.75, 3.05) is 6.61 Å². The first-order valence-electron chi connectivity index (χ1n) is 9.17. The molecule has 1 aromatic heterocycles. The molecule has 0 bridgehead atoms. The maximum Gasteiger partial charge on any atom is 0.613 e. The van der Waals surface area contributed by atoms with Gasteiger partial charge in [-0.15, -0.1) is 4.52 Å². The normalized spacial score (nSPS) is 25.0. The molecule has 1 saturated heterocycles. The maximum atomic E-state index is 12.1. The van der Waals surface area contributed by atoms with E-state index in [0.717, 1.165) is 0 Å². The van der Waals surface area contributed by atoms with E-state index in [4.69, 9.17) is 26.2 Å². The number of rotatable bonds is 8. The van der Waals surface area contributed by atoms with Crippen LogP contribution in [0.1, 0.15) is 32.6 Å². The molecule has 3 N–H and O–H groups in total. The van der Waals surface area contributed by atoms with Crippen LogP contribution in [0, 0.1) is 28.9 Å². The number of nitriles is 1. The van der Waals surface area contributed by atoms with E-state index in [1.807, 2.05) is 6.07 Å². The molecule has 0 amide bonds. The average molecular weight is 459 g/mol. The van der Waals surface area contributed by atoms with E-state index in [2.05, 4.69) is 10.1 Å². The van der Waals surface area contributed by atoms with Crippen LogP contribution < -0.4 is 10.6 Å². The summed E-state index contributed by atoms with van der Waals surface area (Å²) in [4.78, 5) is 25.9. The van der Waals surface area contributed by atoms with E-state index in [0.29, 0.717) is 5.56 Å². The Bertz CT molecular complexity index is 957. The minimum absolute atomic E-state index is 0.0369. The second-order valence-corrected chi connectivity index (χ2v) is 8.50. The van der Waals surface area contributed by atoms with Gasteiger partial charge < -0.3 is 14.6 Å². The van der Waals surface area contributed by atoms with Crippen LogP contribution in [0.25, 0.3) is 0 Å². The molecule has 1 fully saturated rings. The molecule has 0 saturated carbocycles.